The molecule has 2 nitrogen and oxygen atoms in total. The number of benzene rings is 1. The van der Waals surface area contributed by atoms with Gasteiger partial charge in [-0.05, 0) is 19.4 Å². The molecule has 0 heterocycles. The summed E-state index contributed by atoms with van der Waals surface area (Å²) in [5.41, 5.74) is 2.30. The molecule has 1 atom stereocenters. The van der Waals surface area contributed by atoms with Crippen molar-refractivity contribution in [2.45, 2.75) is 25.8 Å². The van der Waals surface area contributed by atoms with Crippen LogP contribution in [0.1, 0.15) is 18.1 Å². The minimum atomic E-state index is -0.472. The lowest BCUT2D eigenvalue weighted by atomic mass is 10.1. The van der Waals surface area contributed by atoms with E-state index in [0.29, 0.717) is 6.54 Å². The molecule has 14 heavy (non-hydrogen) atoms. The van der Waals surface area contributed by atoms with Gasteiger partial charge in [-0.1, -0.05) is 29.8 Å². The summed E-state index contributed by atoms with van der Waals surface area (Å²) in [5.74, 6) is -0.132. The van der Waals surface area contributed by atoms with Gasteiger partial charge in [0.15, 0.2) is 0 Å². The first-order valence-corrected chi connectivity index (χ1v) is 5.00. The highest BCUT2D eigenvalue weighted by atomic mass is 35.5. The van der Waals surface area contributed by atoms with Crippen molar-refractivity contribution in [2.24, 2.45) is 0 Å². The fourth-order valence-electron chi connectivity index (χ4n) is 1.04. The zero-order valence-corrected chi connectivity index (χ0v) is 9.14. The molecule has 0 saturated carbocycles. The quantitative estimate of drug-likeness (QED) is 0.764. The van der Waals surface area contributed by atoms with Crippen LogP contribution in [0.25, 0.3) is 0 Å². The van der Waals surface area contributed by atoms with Crippen LogP contribution in [0.15, 0.2) is 24.3 Å². The predicted octanol–water partition coefficient (Wildman–Crippen LogP) is 2.24. The second kappa shape index (κ2) is 5.01. The molecule has 0 bridgehead atoms. The van der Waals surface area contributed by atoms with E-state index in [4.69, 9.17) is 11.6 Å². The number of rotatable bonds is 3. The molecule has 0 aliphatic rings. The standard InChI is InChI=1S/C11H14ClNO/c1-8-3-5-10(6-4-8)7-13-11(14)9(2)12/h3-6,9H,7H2,1-2H3,(H,13,14)/t9-/m1/s1. The van der Waals surface area contributed by atoms with Gasteiger partial charge in [0, 0.05) is 6.54 Å². The maximum atomic E-state index is 11.1. The van der Waals surface area contributed by atoms with Crippen LogP contribution in [0.2, 0.25) is 0 Å². The van der Waals surface area contributed by atoms with E-state index < -0.39 is 5.38 Å². The molecule has 3 heteroatoms. The van der Waals surface area contributed by atoms with E-state index in [1.165, 1.54) is 5.56 Å². The van der Waals surface area contributed by atoms with Crippen LogP contribution in [0.5, 0.6) is 0 Å². The van der Waals surface area contributed by atoms with E-state index >= 15 is 0 Å². The first-order chi connectivity index (χ1) is 6.59. The summed E-state index contributed by atoms with van der Waals surface area (Å²) in [6.07, 6.45) is 0. The Morgan fingerprint density at radius 1 is 1.43 bits per heavy atom. The van der Waals surface area contributed by atoms with Gasteiger partial charge in [0.2, 0.25) is 5.91 Å². The highest BCUT2D eigenvalue weighted by Gasteiger charge is 2.07. The number of nitrogens with one attached hydrogen (secondary N) is 1. The molecule has 1 amide bonds. The molecule has 0 unspecified atom stereocenters. The first kappa shape index (κ1) is 11.1. The third-order valence-electron chi connectivity index (χ3n) is 1.95. The van der Waals surface area contributed by atoms with Crippen molar-refractivity contribution in [1.29, 1.82) is 0 Å². The highest BCUT2D eigenvalue weighted by molar-refractivity contribution is 6.30. The van der Waals surface area contributed by atoms with Crippen LogP contribution in [-0.4, -0.2) is 11.3 Å². The van der Waals surface area contributed by atoms with Gasteiger partial charge >= 0.3 is 0 Å². The van der Waals surface area contributed by atoms with Crippen molar-refractivity contribution in [3.8, 4) is 0 Å². The SMILES string of the molecule is Cc1ccc(CNC(=O)[C@@H](C)Cl)cc1. The van der Waals surface area contributed by atoms with Crippen LogP contribution in [0.4, 0.5) is 0 Å². The molecule has 0 radical (unpaired) electrons. The number of alkyl halides is 1. The van der Waals surface area contributed by atoms with Gasteiger partial charge in [-0.2, -0.15) is 0 Å². The van der Waals surface area contributed by atoms with Crippen molar-refractivity contribution in [3.05, 3.63) is 35.4 Å². The summed E-state index contributed by atoms with van der Waals surface area (Å²) in [7, 11) is 0. The van der Waals surface area contributed by atoms with Gasteiger partial charge in [-0.25, -0.2) is 0 Å². The third kappa shape index (κ3) is 3.38. The summed E-state index contributed by atoms with van der Waals surface area (Å²) >= 11 is 5.61. The number of carbonyl (C=O) groups is 1. The summed E-state index contributed by atoms with van der Waals surface area (Å²) in [5, 5.41) is 2.28. The second-order valence-electron chi connectivity index (χ2n) is 3.32. The number of aryl methyl sites for hydroxylation is 1. The van der Waals surface area contributed by atoms with Crippen molar-refractivity contribution in [1.82, 2.24) is 5.32 Å². The number of hydrogen-bond acceptors (Lipinski definition) is 1. The first-order valence-electron chi connectivity index (χ1n) is 4.57. The Kier molecular flexibility index (Phi) is 3.96. The third-order valence-corrected chi connectivity index (χ3v) is 2.15. The monoisotopic (exact) mass is 211 g/mol. The molecule has 1 aromatic rings. The highest BCUT2D eigenvalue weighted by Crippen LogP contribution is 2.03. The predicted molar refractivity (Wildman–Crippen MR) is 58.3 cm³/mol. The fourth-order valence-corrected chi connectivity index (χ4v) is 1.11. The summed E-state index contributed by atoms with van der Waals surface area (Å²) < 4.78 is 0. The lowest BCUT2D eigenvalue weighted by Crippen LogP contribution is -2.28. The van der Waals surface area contributed by atoms with Gasteiger partial charge in [-0.15, -0.1) is 11.6 Å². The average Bonchev–Trinajstić information content (AvgIpc) is 2.16. The van der Waals surface area contributed by atoms with E-state index in [0.717, 1.165) is 5.56 Å². The molecule has 0 aliphatic carbocycles. The molecule has 76 valence electrons. The lowest BCUT2D eigenvalue weighted by Gasteiger charge is -2.06. The molecule has 0 fully saturated rings. The summed E-state index contributed by atoms with van der Waals surface area (Å²) in [4.78, 5) is 11.1. The van der Waals surface area contributed by atoms with E-state index in [9.17, 15) is 4.79 Å². The maximum Gasteiger partial charge on any atom is 0.238 e. The van der Waals surface area contributed by atoms with Gasteiger partial charge in [0.1, 0.15) is 5.38 Å². The Hall–Kier alpha value is -1.02. The van der Waals surface area contributed by atoms with Crippen LogP contribution in [-0.2, 0) is 11.3 Å². The Balaban J connectivity index is 2.46. The van der Waals surface area contributed by atoms with Crippen molar-refractivity contribution < 1.29 is 4.79 Å². The van der Waals surface area contributed by atoms with E-state index in [2.05, 4.69) is 5.32 Å². The molecule has 1 rings (SSSR count). The number of amides is 1. The molecule has 1 aromatic carbocycles. The van der Waals surface area contributed by atoms with E-state index in [1.54, 1.807) is 6.92 Å². The Bertz CT molecular complexity index is 306. The molecule has 0 saturated heterocycles. The zero-order chi connectivity index (χ0) is 10.6. The van der Waals surface area contributed by atoms with Crippen LogP contribution in [0.3, 0.4) is 0 Å². The summed E-state index contributed by atoms with van der Waals surface area (Å²) in [6, 6.07) is 8.03. The van der Waals surface area contributed by atoms with E-state index in [-0.39, 0.29) is 5.91 Å². The minimum Gasteiger partial charge on any atom is -0.351 e. The normalized spacial score (nSPS) is 12.2. The maximum absolute atomic E-state index is 11.1. The van der Waals surface area contributed by atoms with Gasteiger partial charge in [-0.3, -0.25) is 4.79 Å². The molecule has 0 spiro atoms. The molecule has 1 N–H and O–H groups in total. The largest absolute Gasteiger partial charge is 0.351 e. The summed E-state index contributed by atoms with van der Waals surface area (Å²) in [6.45, 7) is 4.23. The van der Waals surface area contributed by atoms with Crippen LogP contribution < -0.4 is 5.32 Å². The topological polar surface area (TPSA) is 29.1 Å². The Morgan fingerprint density at radius 2 is 2.00 bits per heavy atom. The van der Waals surface area contributed by atoms with Crippen molar-refractivity contribution >= 4 is 17.5 Å². The molecule has 0 aromatic heterocycles. The smallest absolute Gasteiger partial charge is 0.238 e. The van der Waals surface area contributed by atoms with Gasteiger partial charge in [0.05, 0.1) is 0 Å². The fraction of sp³-hybridized carbons (Fsp3) is 0.364. The Labute approximate surface area is 89.3 Å². The van der Waals surface area contributed by atoms with Crippen LogP contribution in [0, 0.1) is 6.92 Å². The minimum absolute atomic E-state index is 0.132. The molecule has 0 aliphatic heterocycles. The van der Waals surface area contributed by atoms with E-state index in [1.807, 2.05) is 31.2 Å². The number of halogens is 1. The lowest BCUT2D eigenvalue weighted by molar-refractivity contribution is -0.120. The van der Waals surface area contributed by atoms with Gasteiger partial charge in [0.25, 0.3) is 0 Å². The zero-order valence-electron chi connectivity index (χ0n) is 8.38. The average molecular weight is 212 g/mol. The molecular formula is C11H14ClNO. The number of carbonyl (C=O) groups excluding carboxylic acids is 1. The number of hydrogen-bond donors (Lipinski definition) is 1. The van der Waals surface area contributed by atoms with Crippen LogP contribution >= 0.6 is 11.6 Å². The second-order valence-corrected chi connectivity index (χ2v) is 3.97. The van der Waals surface area contributed by atoms with Gasteiger partial charge < -0.3 is 5.32 Å². The van der Waals surface area contributed by atoms with Crippen molar-refractivity contribution in [3.63, 3.8) is 0 Å². The Morgan fingerprint density at radius 3 is 2.50 bits per heavy atom. The molecular weight excluding hydrogens is 198 g/mol. The van der Waals surface area contributed by atoms with Crippen molar-refractivity contribution in [2.75, 3.05) is 0 Å².